The lowest BCUT2D eigenvalue weighted by Crippen LogP contribution is -2.16. The molecule has 2 heterocycles. The standard InChI is InChI=1S/C18H21F3N2O3/c1-11(2)14-7-8-25-15(14)17-22-16(23-26-17)13-5-3-12(4-6-13)9-24-10-18(19,20)21/h3-6,11,14-15H,7-10H2,1-2H3/t14-,15-/m0/s1. The molecule has 1 aliphatic heterocycles. The zero-order valence-electron chi connectivity index (χ0n) is 14.6. The van der Waals surface area contributed by atoms with Crippen molar-refractivity contribution in [3.8, 4) is 11.4 Å². The second-order valence-electron chi connectivity index (χ2n) is 6.75. The third-order valence-corrected chi connectivity index (χ3v) is 4.43. The molecule has 2 aromatic rings. The van der Waals surface area contributed by atoms with Gasteiger partial charge in [0.25, 0.3) is 5.89 Å². The molecule has 5 nitrogen and oxygen atoms in total. The Balaban J connectivity index is 1.64. The Morgan fingerprint density at radius 2 is 1.96 bits per heavy atom. The van der Waals surface area contributed by atoms with E-state index in [0.29, 0.717) is 35.7 Å². The maximum absolute atomic E-state index is 12.1. The average molecular weight is 370 g/mol. The number of halogens is 3. The second kappa shape index (κ2) is 7.75. The minimum Gasteiger partial charge on any atom is -0.368 e. The Labute approximate surface area is 149 Å². The summed E-state index contributed by atoms with van der Waals surface area (Å²) in [7, 11) is 0. The van der Waals surface area contributed by atoms with Crippen molar-refractivity contribution in [2.75, 3.05) is 13.2 Å². The first-order valence-electron chi connectivity index (χ1n) is 8.52. The molecule has 26 heavy (non-hydrogen) atoms. The van der Waals surface area contributed by atoms with Crippen LogP contribution in [0.1, 0.15) is 37.8 Å². The van der Waals surface area contributed by atoms with Gasteiger partial charge in [-0.25, -0.2) is 0 Å². The molecular formula is C18H21F3N2O3. The van der Waals surface area contributed by atoms with E-state index in [0.717, 1.165) is 12.0 Å². The van der Waals surface area contributed by atoms with Gasteiger partial charge < -0.3 is 14.0 Å². The van der Waals surface area contributed by atoms with Crippen molar-refractivity contribution in [2.45, 2.75) is 39.2 Å². The van der Waals surface area contributed by atoms with E-state index in [-0.39, 0.29) is 12.7 Å². The topological polar surface area (TPSA) is 57.4 Å². The van der Waals surface area contributed by atoms with Gasteiger partial charge in [0, 0.05) is 12.2 Å². The molecule has 0 amide bonds. The Bertz CT molecular complexity index is 713. The van der Waals surface area contributed by atoms with Gasteiger partial charge in [0.2, 0.25) is 5.82 Å². The SMILES string of the molecule is CC(C)[C@@H]1CCO[C@@H]1c1nc(-c2ccc(COCC(F)(F)F)cc2)no1. The summed E-state index contributed by atoms with van der Waals surface area (Å²) in [6.45, 7) is 3.59. The highest BCUT2D eigenvalue weighted by Gasteiger charge is 2.36. The van der Waals surface area contributed by atoms with Gasteiger partial charge in [-0.2, -0.15) is 18.2 Å². The number of hydrogen-bond donors (Lipinski definition) is 0. The monoisotopic (exact) mass is 370 g/mol. The van der Waals surface area contributed by atoms with Crippen molar-refractivity contribution < 1.29 is 27.2 Å². The molecule has 1 aliphatic rings. The first-order chi connectivity index (χ1) is 12.3. The highest BCUT2D eigenvalue weighted by Crippen LogP contribution is 2.38. The van der Waals surface area contributed by atoms with Crippen molar-refractivity contribution >= 4 is 0 Å². The summed E-state index contributed by atoms with van der Waals surface area (Å²) in [5, 5.41) is 4.00. The fraction of sp³-hybridized carbons (Fsp3) is 0.556. The molecule has 0 aliphatic carbocycles. The summed E-state index contributed by atoms with van der Waals surface area (Å²) >= 11 is 0. The molecule has 0 saturated carbocycles. The van der Waals surface area contributed by atoms with Gasteiger partial charge in [-0.1, -0.05) is 43.3 Å². The van der Waals surface area contributed by atoms with Gasteiger partial charge in [0.05, 0.1) is 6.61 Å². The van der Waals surface area contributed by atoms with Crippen molar-refractivity contribution in [3.63, 3.8) is 0 Å². The van der Waals surface area contributed by atoms with Crippen molar-refractivity contribution in [2.24, 2.45) is 11.8 Å². The maximum Gasteiger partial charge on any atom is 0.411 e. The number of nitrogens with zero attached hydrogens (tertiary/aromatic N) is 2. The molecule has 0 spiro atoms. The van der Waals surface area contributed by atoms with Crippen LogP contribution in [0, 0.1) is 11.8 Å². The van der Waals surface area contributed by atoms with Gasteiger partial charge in [-0.3, -0.25) is 0 Å². The molecule has 1 fully saturated rings. The fourth-order valence-corrected chi connectivity index (χ4v) is 3.05. The lowest BCUT2D eigenvalue weighted by Gasteiger charge is -2.18. The van der Waals surface area contributed by atoms with Crippen LogP contribution >= 0.6 is 0 Å². The Morgan fingerprint density at radius 1 is 1.23 bits per heavy atom. The predicted octanol–water partition coefficient (Wildman–Crippen LogP) is 4.55. The number of hydrogen-bond acceptors (Lipinski definition) is 5. The van der Waals surface area contributed by atoms with Crippen LogP contribution in [-0.4, -0.2) is 29.5 Å². The van der Waals surface area contributed by atoms with Crippen molar-refractivity contribution in [1.82, 2.24) is 10.1 Å². The van der Waals surface area contributed by atoms with E-state index < -0.39 is 12.8 Å². The van der Waals surface area contributed by atoms with Crippen molar-refractivity contribution in [1.29, 1.82) is 0 Å². The number of benzene rings is 1. The molecule has 0 unspecified atom stereocenters. The molecule has 1 aromatic carbocycles. The van der Waals surface area contributed by atoms with Crippen LogP contribution < -0.4 is 0 Å². The van der Waals surface area contributed by atoms with E-state index in [4.69, 9.17) is 9.26 Å². The van der Waals surface area contributed by atoms with Gasteiger partial charge in [0.1, 0.15) is 12.7 Å². The van der Waals surface area contributed by atoms with Gasteiger partial charge >= 0.3 is 6.18 Å². The van der Waals surface area contributed by atoms with Crippen LogP contribution in [0.5, 0.6) is 0 Å². The van der Waals surface area contributed by atoms with Crippen LogP contribution in [0.15, 0.2) is 28.8 Å². The summed E-state index contributed by atoms with van der Waals surface area (Å²) in [6.07, 6.45) is -3.55. The van der Waals surface area contributed by atoms with Gasteiger partial charge in [-0.05, 0) is 23.8 Å². The average Bonchev–Trinajstić information content (AvgIpc) is 3.23. The van der Waals surface area contributed by atoms with Crippen LogP contribution in [0.25, 0.3) is 11.4 Å². The van der Waals surface area contributed by atoms with Crippen LogP contribution in [0.3, 0.4) is 0 Å². The van der Waals surface area contributed by atoms with E-state index in [1.807, 2.05) is 0 Å². The number of alkyl halides is 3. The number of rotatable bonds is 6. The molecule has 3 rings (SSSR count). The first-order valence-corrected chi connectivity index (χ1v) is 8.52. The first kappa shape index (κ1) is 18.8. The molecule has 0 radical (unpaired) electrons. The van der Waals surface area contributed by atoms with E-state index in [1.54, 1.807) is 24.3 Å². The van der Waals surface area contributed by atoms with E-state index in [2.05, 4.69) is 28.7 Å². The number of ether oxygens (including phenoxy) is 2. The summed E-state index contributed by atoms with van der Waals surface area (Å²) in [6, 6.07) is 6.84. The molecule has 0 N–H and O–H groups in total. The lowest BCUT2D eigenvalue weighted by molar-refractivity contribution is -0.176. The quantitative estimate of drug-likeness (QED) is 0.747. The van der Waals surface area contributed by atoms with Crippen LogP contribution in [0.4, 0.5) is 13.2 Å². The molecule has 1 saturated heterocycles. The zero-order valence-corrected chi connectivity index (χ0v) is 14.6. The van der Waals surface area contributed by atoms with Crippen molar-refractivity contribution in [3.05, 3.63) is 35.7 Å². The van der Waals surface area contributed by atoms with E-state index >= 15 is 0 Å². The molecule has 142 valence electrons. The van der Waals surface area contributed by atoms with Gasteiger partial charge in [-0.15, -0.1) is 0 Å². The van der Waals surface area contributed by atoms with Gasteiger partial charge in [0.15, 0.2) is 0 Å². The normalized spacial score (nSPS) is 20.8. The largest absolute Gasteiger partial charge is 0.411 e. The third-order valence-electron chi connectivity index (χ3n) is 4.43. The number of aromatic nitrogens is 2. The minimum atomic E-state index is -4.32. The summed E-state index contributed by atoms with van der Waals surface area (Å²) < 4.78 is 52.0. The van der Waals surface area contributed by atoms with Crippen LogP contribution in [-0.2, 0) is 16.1 Å². The second-order valence-corrected chi connectivity index (χ2v) is 6.75. The highest BCUT2D eigenvalue weighted by molar-refractivity contribution is 5.54. The van der Waals surface area contributed by atoms with E-state index in [1.165, 1.54) is 0 Å². The van der Waals surface area contributed by atoms with Crippen LogP contribution in [0.2, 0.25) is 0 Å². The Morgan fingerprint density at radius 3 is 2.62 bits per heavy atom. The predicted molar refractivity (Wildman–Crippen MR) is 87.1 cm³/mol. The third kappa shape index (κ3) is 4.62. The summed E-state index contributed by atoms with van der Waals surface area (Å²) in [5.74, 6) is 1.69. The Hall–Kier alpha value is -1.93. The lowest BCUT2D eigenvalue weighted by atomic mass is 9.89. The molecule has 8 heteroatoms. The molecule has 1 aromatic heterocycles. The summed E-state index contributed by atoms with van der Waals surface area (Å²) in [5.41, 5.74) is 1.36. The Kier molecular flexibility index (Phi) is 5.62. The van der Waals surface area contributed by atoms with E-state index in [9.17, 15) is 13.2 Å². The molecule has 0 bridgehead atoms. The minimum absolute atomic E-state index is 0.108. The molecule has 2 atom stereocenters. The highest BCUT2D eigenvalue weighted by atomic mass is 19.4. The smallest absolute Gasteiger partial charge is 0.368 e. The fourth-order valence-electron chi connectivity index (χ4n) is 3.05. The zero-order chi connectivity index (χ0) is 18.7. The maximum atomic E-state index is 12.1. The molecular weight excluding hydrogens is 349 g/mol. The summed E-state index contributed by atoms with van der Waals surface area (Å²) in [4.78, 5) is 4.44.